The zero-order valence-electron chi connectivity index (χ0n) is 12.3. The first-order valence-electron chi connectivity index (χ1n) is 7.66. The zero-order valence-corrected chi connectivity index (χ0v) is 12.3. The molecule has 1 aliphatic carbocycles. The lowest BCUT2D eigenvalue weighted by molar-refractivity contribution is 0.183. The van der Waals surface area contributed by atoms with Gasteiger partial charge in [-0.2, -0.15) is 0 Å². The van der Waals surface area contributed by atoms with Gasteiger partial charge in [-0.05, 0) is 51.6 Å². The molecule has 0 bridgehead atoms. The predicted octanol–water partition coefficient (Wildman–Crippen LogP) is 3.28. The van der Waals surface area contributed by atoms with Gasteiger partial charge in [0.2, 0.25) is 0 Å². The van der Waals surface area contributed by atoms with Crippen LogP contribution in [-0.4, -0.2) is 37.1 Å². The van der Waals surface area contributed by atoms with E-state index < -0.39 is 0 Å². The van der Waals surface area contributed by atoms with Gasteiger partial charge in [0.25, 0.3) is 0 Å². The van der Waals surface area contributed by atoms with Crippen molar-refractivity contribution in [3.63, 3.8) is 0 Å². The molecule has 102 valence electrons. The maximum atomic E-state index is 3.74. The SMILES string of the molecule is CCCNC1CCCC1CN(C)C(CC)CC. The minimum absolute atomic E-state index is 0.780. The predicted molar refractivity (Wildman–Crippen MR) is 76.4 cm³/mol. The molecule has 1 aliphatic rings. The Morgan fingerprint density at radius 3 is 2.47 bits per heavy atom. The maximum absolute atomic E-state index is 3.74. The van der Waals surface area contributed by atoms with Crippen molar-refractivity contribution in [3.8, 4) is 0 Å². The molecule has 1 rings (SSSR count). The molecule has 2 unspecified atom stereocenters. The lowest BCUT2D eigenvalue weighted by atomic mass is 10.0. The summed E-state index contributed by atoms with van der Waals surface area (Å²) < 4.78 is 0. The molecule has 1 N–H and O–H groups in total. The summed E-state index contributed by atoms with van der Waals surface area (Å²) in [6.45, 7) is 9.36. The van der Waals surface area contributed by atoms with Gasteiger partial charge in [0, 0.05) is 18.6 Å². The average molecular weight is 240 g/mol. The van der Waals surface area contributed by atoms with Crippen molar-refractivity contribution < 1.29 is 0 Å². The Bertz CT molecular complexity index is 189. The van der Waals surface area contributed by atoms with Gasteiger partial charge in [-0.25, -0.2) is 0 Å². The quantitative estimate of drug-likeness (QED) is 0.700. The van der Waals surface area contributed by atoms with E-state index in [1.165, 1.54) is 51.6 Å². The van der Waals surface area contributed by atoms with Crippen LogP contribution in [0.25, 0.3) is 0 Å². The molecule has 0 aliphatic heterocycles. The summed E-state index contributed by atoms with van der Waals surface area (Å²) in [5.41, 5.74) is 0. The average Bonchev–Trinajstić information content (AvgIpc) is 2.75. The molecule has 0 spiro atoms. The van der Waals surface area contributed by atoms with Crippen molar-refractivity contribution in [1.29, 1.82) is 0 Å². The highest BCUT2D eigenvalue weighted by Crippen LogP contribution is 2.27. The Kier molecular flexibility index (Phi) is 7.14. The van der Waals surface area contributed by atoms with Crippen LogP contribution in [0.15, 0.2) is 0 Å². The molecule has 0 heterocycles. The Labute approximate surface area is 108 Å². The molecule has 2 atom stereocenters. The third-order valence-corrected chi connectivity index (χ3v) is 4.40. The molecule has 1 saturated carbocycles. The van der Waals surface area contributed by atoms with Crippen LogP contribution >= 0.6 is 0 Å². The number of nitrogens with one attached hydrogen (secondary N) is 1. The summed E-state index contributed by atoms with van der Waals surface area (Å²) in [5.74, 6) is 0.882. The van der Waals surface area contributed by atoms with Crippen LogP contribution in [0.1, 0.15) is 59.3 Å². The van der Waals surface area contributed by atoms with Gasteiger partial charge in [-0.3, -0.25) is 0 Å². The van der Waals surface area contributed by atoms with Gasteiger partial charge >= 0.3 is 0 Å². The van der Waals surface area contributed by atoms with Crippen LogP contribution in [0.2, 0.25) is 0 Å². The fraction of sp³-hybridized carbons (Fsp3) is 1.00. The largest absolute Gasteiger partial charge is 0.314 e. The molecule has 2 nitrogen and oxygen atoms in total. The molecular weight excluding hydrogens is 208 g/mol. The summed E-state index contributed by atoms with van der Waals surface area (Å²) in [6.07, 6.45) is 8.06. The summed E-state index contributed by atoms with van der Waals surface area (Å²) in [7, 11) is 2.31. The Morgan fingerprint density at radius 2 is 1.88 bits per heavy atom. The van der Waals surface area contributed by atoms with Crippen LogP contribution in [0, 0.1) is 5.92 Å². The topological polar surface area (TPSA) is 15.3 Å². The third-order valence-electron chi connectivity index (χ3n) is 4.40. The van der Waals surface area contributed by atoms with Crippen LogP contribution < -0.4 is 5.32 Å². The first-order chi connectivity index (χ1) is 8.22. The van der Waals surface area contributed by atoms with Crippen LogP contribution in [0.4, 0.5) is 0 Å². The van der Waals surface area contributed by atoms with Gasteiger partial charge in [-0.1, -0.05) is 27.2 Å². The van der Waals surface area contributed by atoms with Crippen LogP contribution in [-0.2, 0) is 0 Å². The van der Waals surface area contributed by atoms with Gasteiger partial charge in [0.1, 0.15) is 0 Å². The summed E-state index contributed by atoms with van der Waals surface area (Å²) in [4.78, 5) is 2.59. The van der Waals surface area contributed by atoms with Crippen molar-refractivity contribution in [1.82, 2.24) is 10.2 Å². The molecular formula is C15H32N2. The molecule has 0 aromatic carbocycles. The lowest BCUT2D eigenvalue weighted by Gasteiger charge is -2.31. The smallest absolute Gasteiger partial charge is 0.0107 e. The van der Waals surface area contributed by atoms with Crippen molar-refractivity contribution in [2.75, 3.05) is 20.1 Å². The molecule has 0 aromatic heterocycles. The number of nitrogens with zero attached hydrogens (tertiary/aromatic N) is 1. The van der Waals surface area contributed by atoms with Crippen molar-refractivity contribution in [2.24, 2.45) is 5.92 Å². The fourth-order valence-electron chi connectivity index (χ4n) is 3.28. The number of rotatable bonds is 8. The van der Waals surface area contributed by atoms with Gasteiger partial charge < -0.3 is 10.2 Å². The zero-order chi connectivity index (χ0) is 12.7. The van der Waals surface area contributed by atoms with E-state index in [9.17, 15) is 0 Å². The highest BCUT2D eigenvalue weighted by Gasteiger charge is 2.28. The first kappa shape index (κ1) is 15.0. The van der Waals surface area contributed by atoms with Crippen molar-refractivity contribution >= 4 is 0 Å². The second-order valence-electron chi connectivity index (χ2n) is 5.66. The maximum Gasteiger partial charge on any atom is 0.0107 e. The Balaban J connectivity index is 2.37. The minimum atomic E-state index is 0.780. The molecule has 0 aromatic rings. The summed E-state index contributed by atoms with van der Waals surface area (Å²) in [5, 5.41) is 3.74. The normalized spacial score (nSPS) is 25.1. The third kappa shape index (κ3) is 4.59. The van der Waals surface area contributed by atoms with E-state index in [0.717, 1.165) is 18.0 Å². The van der Waals surface area contributed by atoms with E-state index in [2.05, 4.69) is 38.0 Å². The number of hydrogen-bond donors (Lipinski definition) is 1. The lowest BCUT2D eigenvalue weighted by Crippen LogP contribution is -2.41. The van der Waals surface area contributed by atoms with E-state index in [4.69, 9.17) is 0 Å². The first-order valence-corrected chi connectivity index (χ1v) is 7.66. The van der Waals surface area contributed by atoms with Gasteiger partial charge in [0.05, 0.1) is 0 Å². The Morgan fingerprint density at radius 1 is 1.18 bits per heavy atom. The minimum Gasteiger partial charge on any atom is -0.314 e. The second-order valence-corrected chi connectivity index (χ2v) is 5.66. The van der Waals surface area contributed by atoms with E-state index in [-0.39, 0.29) is 0 Å². The van der Waals surface area contributed by atoms with Crippen LogP contribution in [0.3, 0.4) is 0 Å². The molecule has 1 fully saturated rings. The summed E-state index contributed by atoms with van der Waals surface area (Å²) >= 11 is 0. The number of hydrogen-bond acceptors (Lipinski definition) is 2. The molecule has 0 saturated heterocycles. The van der Waals surface area contributed by atoms with E-state index in [0.29, 0.717) is 0 Å². The highest BCUT2D eigenvalue weighted by atomic mass is 15.1. The standard InChI is InChI=1S/C15H32N2/c1-5-11-16-15-10-8-9-13(15)12-17(4)14(6-2)7-3/h13-16H,5-12H2,1-4H3. The molecule has 0 amide bonds. The van der Waals surface area contributed by atoms with Gasteiger partial charge in [-0.15, -0.1) is 0 Å². The monoisotopic (exact) mass is 240 g/mol. The second kappa shape index (κ2) is 8.10. The molecule has 17 heavy (non-hydrogen) atoms. The van der Waals surface area contributed by atoms with E-state index in [1.54, 1.807) is 0 Å². The fourth-order valence-corrected chi connectivity index (χ4v) is 3.28. The summed E-state index contributed by atoms with van der Waals surface area (Å²) in [6, 6.07) is 1.56. The van der Waals surface area contributed by atoms with Crippen molar-refractivity contribution in [2.45, 2.75) is 71.4 Å². The van der Waals surface area contributed by atoms with Crippen LogP contribution in [0.5, 0.6) is 0 Å². The molecule has 0 radical (unpaired) electrons. The molecule has 2 heteroatoms. The van der Waals surface area contributed by atoms with E-state index in [1.807, 2.05) is 0 Å². The van der Waals surface area contributed by atoms with E-state index >= 15 is 0 Å². The highest BCUT2D eigenvalue weighted by molar-refractivity contribution is 4.85. The van der Waals surface area contributed by atoms with Gasteiger partial charge in [0.15, 0.2) is 0 Å². The Hall–Kier alpha value is -0.0800. The van der Waals surface area contributed by atoms with Crippen molar-refractivity contribution in [3.05, 3.63) is 0 Å².